The minimum Gasteiger partial charge on any atom is -0.396 e. The van der Waals surface area contributed by atoms with E-state index in [2.05, 4.69) is 0 Å². The Morgan fingerprint density at radius 1 is 0.929 bits per heavy atom. The lowest BCUT2D eigenvalue weighted by molar-refractivity contribution is 0.0256. The SMILES string of the molecule is CC(CO)(CO)CN(CCO)CCO. The molecule has 86 valence electrons. The maximum Gasteiger partial charge on any atom is 0.0558 e. The largest absolute Gasteiger partial charge is 0.396 e. The number of aliphatic hydroxyl groups excluding tert-OH is 4. The third-order valence-corrected chi connectivity index (χ3v) is 2.20. The number of nitrogens with zero attached hydrogens (tertiary/aromatic N) is 1. The van der Waals surface area contributed by atoms with Crippen molar-refractivity contribution in [2.75, 3.05) is 46.1 Å². The molecule has 0 aromatic rings. The van der Waals surface area contributed by atoms with Crippen LogP contribution in [0.3, 0.4) is 0 Å². The van der Waals surface area contributed by atoms with Crippen molar-refractivity contribution in [1.82, 2.24) is 4.90 Å². The molecular weight excluding hydrogens is 186 g/mol. The van der Waals surface area contributed by atoms with E-state index in [1.54, 1.807) is 6.92 Å². The van der Waals surface area contributed by atoms with Gasteiger partial charge in [-0.3, -0.25) is 4.90 Å². The van der Waals surface area contributed by atoms with E-state index < -0.39 is 5.41 Å². The fourth-order valence-electron chi connectivity index (χ4n) is 1.24. The zero-order valence-electron chi connectivity index (χ0n) is 8.69. The molecule has 0 heterocycles. The quantitative estimate of drug-likeness (QED) is 0.380. The van der Waals surface area contributed by atoms with Crippen molar-refractivity contribution >= 4 is 0 Å². The lowest BCUT2D eigenvalue weighted by atomic mass is 9.92. The third-order valence-electron chi connectivity index (χ3n) is 2.20. The van der Waals surface area contributed by atoms with Gasteiger partial charge < -0.3 is 20.4 Å². The molecule has 14 heavy (non-hydrogen) atoms. The first-order valence-corrected chi connectivity index (χ1v) is 4.77. The Morgan fingerprint density at radius 2 is 1.36 bits per heavy atom. The van der Waals surface area contributed by atoms with Crippen molar-refractivity contribution in [2.45, 2.75) is 6.92 Å². The summed E-state index contributed by atoms with van der Waals surface area (Å²) in [5.74, 6) is 0. The Bertz CT molecular complexity index is 133. The van der Waals surface area contributed by atoms with Crippen molar-refractivity contribution in [1.29, 1.82) is 0 Å². The van der Waals surface area contributed by atoms with E-state index in [1.165, 1.54) is 0 Å². The van der Waals surface area contributed by atoms with Crippen LogP contribution in [0.4, 0.5) is 0 Å². The van der Waals surface area contributed by atoms with Crippen LogP contribution in [-0.2, 0) is 0 Å². The molecule has 0 saturated carbocycles. The summed E-state index contributed by atoms with van der Waals surface area (Å²) in [5, 5.41) is 35.6. The Labute approximate surface area is 84.6 Å². The molecule has 0 aromatic carbocycles. The molecule has 5 nitrogen and oxygen atoms in total. The lowest BCUT2D eigenvalue weighted by Gasteiger charge is -2.32. The van der Waals surface area contributed by atoms with Crippen molar-refractivity contribution in [3.05, 3.63) is 0 Å². The summed E-state index contributed by atoms with van der Waals surface area (Å²) in [6, 6.07) is 0. The summed E-state index contributed by atoms with van der Waals surface area (Å²) in [7, 11) is 0. The molecule has 0 rings (SSSR count). The highest BCUT2D eigenvalue weighted by atomic mass is 16.3. The van der Waals surface area contributed by atoms with Crippen LogP contribution in [0.25, 0.3) is 0 Å². The standard InChI is InChI=1S/C9H21NO4/c1-9(7-13,8-14)6-10(2-4-11)3-5-12/h11-14H,2-8H2,1H3. The van der Waals surface area contributed by atoms with Gasteiger partial charge in [0.15, 0.2) is 0 Å². The highest BCUT2D eigenvalue weighted by Gasteiger charge is 2.25. The van der Waals surface area contributed by atoms with Crippen LogP contribution in [0.15, 0.2) is 0 Å². The molecule has 0 atom stereocenters. The van der Waals surface area contributed by atoms with E-state index in [4.69, 9.17) is 20.4 Å². The van der Waals surface area contributed by atoms with E-state index in [-0.39, 0.29) is 26.4 Å². The molecule has 5 heteroatoms. The van der Waals surface area contributed by atoms with E-state index >= 15 is 0 Å². The normalized spacial score (nSPS) is 12.4. The summed E-state index contributed by atoms with van der Waals surface area (Å²) in [6.45, 7) is 2.88. The van der Waals surface area contributed by atoms with Gasteiger partial charge in [-0.1, -0.05) is 6.92 Å². The summed E-state index contributed by atoms with van der Waals surface area (Å²) in [4.78, 5) is 1.81. The van der Waals surface area contributed by atoms with E-state index in [0.717, 1.165) is 0 Å². The fraction of sp³-hybridized carbons (Fsp3) is 1.00. The Balaban J connectivity index is 4.10. The molecule has 4 N–H and O–H groups in total. The zero-order valence-corrected chi connectivity index (χ0v) is 8.69. The second kappa shape index (κ2) is 7.14. The van der Waals surface area contributed by atoms with Crippen LogP contribution >= 0.6 is 0 Å². The van der Waals surface area contributed by atoms with Crippen LogP contribution in [-0.4, -0.2) is 71.4 Å². The van der Waals surface area contributed by atoms with Gasteiger partial charge in [0, 0.05) is 25.0 Å². The monoisotopic (exact) mass is 207 g/mol. The fourth-order valence-corrected chi connectivity index (χ4v) is 1.24. The van der Waals surface area contributed by atoms with Gasteiger partial charge in [0.25, 0.3) is 0 Å². The van der Waals surface area contributed by atoms with E-state index in [9.17, 15) is 0 Å². The summed E-state index contributed by atoms with van der Waals surface area (Å²) < 4.78 is 0. The van der Waals surface area contributed by atoms with Gasteiger partial charge >= 0.3 is 0 Å². The Morgan fingerprint density at radius 3 is 1.64 bits per heavy atom. The average Bonchev–Trinajstić information content (AvgIpc) is 2.18. The molecule has 0 amide bonds. The molecule has 0 aliphatic rings. The van der Waals surface area contributed by atoms with Crippen molar-refractivity contribution in [2.24, 2.45) is 5.41 Å². The second-order valence-electron chi connectivity index (χ2n) is 3.85. The van der Waals surface area contributed by atoms with E-state index in [0.29, 0.717) is 19.6 Å². The molecule has 0 aliphatic carbocycles. The predicted molar refractivity (Wildman–Crippen MR) is 52.9 cm³/mol. The van der Waals surface area contributed by atoms with Crippen molar-refractivity contribution in [3.8, 4) is 0 Å². The molecule has 0 saturated heterocycles. The van der Waals surface area contributed by atoms with Gasteiger partial charge in [-0.2, -0.15) is 0 Å². The van der Waals surface area contributed by atoms with Crippen LogP contribution < -0.4 is 0 Å². The minimum atomic E-state index is -0.579. The zero-order chi connectivity index (χ0) is 11.0. The molecule has 0 aromatic heterocycles. The first-order chi connectivity index (χ1) is 6.61. The highest BCUT2D eigenvalue weighted by Crippen LogP contribution is 2.15. The lowest BCUT2D eigenvalue weighted by Crippen LogP contribution is -2.43. The topological polar surface area (TPSA) is 84.2 Å². The highest BCUT2D eigenvalue weighted by molar-refractivity contribution is 4.76. The van der Waals surface area contributed by atoms with Gasteiger partial charge in [0.2, 0.25) is 0 Å². The van der Waals surface area contributed by atoms with Gasteiger partial charge in [0.05, 0.1) is 26.4 Å². The Kier molecular flexibility index (Phi) is 7.04. The van der Waals surface area contributed by atoms with Gasteiger partial charge in [-0.15, -0.1) is 0 Å². The molecule has 0 aliphatic heterocycles. The molecule has 0 fully saturated rings. The second-order valence-corrected chi connectivity index (χ2v) is 3.85. The molecule has 0 radical (unpaired) electrons. The maximum absolute atomic E-state index is 9.06. The molecule has 0 unspecified atom stereocenters. The van der Waals surface area contributed by atoms with E-state index in [1.807, 2.05) is 4.90 Å². The summed E-state index contributed by atoms with van der Waals surface area (Å²) in [6.07, 6.45) is 0. The Hall–Kier alpha value is -0.200. The number of aliphatic hydroxyl groups is 4. The smallest absolute Gasteiger partial charge is 0.0558 e. The maximum atomic E-state index is 9.06. The molecule has 0 bridgehead atoms. The van der Waals surface area contributed by atoms with Crippen LogP contribution in [0.5, 0.6) is 0 Å². The van der Waals surface area contributed by atoms with Crippen LogP contribution in [0, 0.1) is 5.41 Å². The predicted octanol–water partition coefficient (Wildman–Crippen LogP) is -1.74. The van der Waals surface area contributed by atoms with Gasteiger partial charge in [-0.25, -0.2) is 0 Å². The summed E-state index contributed by atoms with van der Waals surface area (Å²) >= 11 is 0. The van der Waals surface area contributed by atoms with Crippen molar-refractivity contribution in [3.63, 3.8) is 0 Å². The van der Waals surface area contributed by atoms with Gasteiger partial charge in [-0.05, 0) is 0 Å². The number of rotatable bonds is 8. The molecular formula is C9H21NO4. The first kappa shape index (κ1) is 13.8. The number of hydrogen-bond acceptors (Lipinski definition) is 5. The van der Waals surface area contributed by atoms with Crippen LogP contribution in [0.1, 0.15) is 6.92 Å². The van der Waals surface area contributed by atoms with Crippen molar-refractivity contribution < 1.29 is 20.4 Å². The number of hydrogen-bond donors (Lipinski definition) is 4. The minimum absolute atomic E-state index is 0.00688. The average molecular weight is 207 g/mol. The first-order valence-electron chi connectivity index (χ1n) is 4.77. The van der Waals surface area contributed by atoms with Crippen LogP contribution in [0.2, 0.25) is 0 Å². The molecule has 0 spiro atoms. The third kappa shape index (κ3) is 4.88. The summed E-state index contributed by atoms with van der Waals surface area (Å²) in [5.41, 5.74) is -0.579. The van der Waals surface area contributed by atoms with Gasteiger partial charge in [0.1, 0.15) is 0 Å².